The normalized spacial score (nSPS) is 9.65. The van der Waals surface area contributed by atoms with Gasteiger partial charge in [0, 0.05) is 23.5 Å². The van der Waals surface area contributed by atoms with Crippen molar-refractivity contribution in [3.8, 4) is 22.9 Å². The molecule has 0 N–H and O–H groups in total. The van der Waals surface area contributed by atoms with E-state index < -0.39 is 0 Å². The van der Waals surface area contributed by atoms with Crippen LogP contribution in [0.1, 0.15) is 12.5 Å². The molecule has 3 nitrogen and oxygen atoms in total. The number of rotatable bonds is 3. The Morgan fingerprint density at radius 2 is 2.06 bits per heavy atom. The Hall–Kier alpha value is -2.34. The van der Waals surface area contributed by atoms with E-state index in [2.05, 4.69) is 11.1 Å². The molecule has 0 fully saturated rings. The van der Waals surface area contributed by atoms with Gasteiger partial charge in [-0.05, 0) is 19.1 Å². The number of benzene rings is 1. The van der Waals surface area contributed by atoms with Crippen molar-refractivity contribution in [2.45, 2.75) is 6.92 Å². The summed E-state index contributed by atoms with van der Waals surface area (Å²) in [7, 11) is 0. The molecule has 1 aromatic carbocycles. The molecule has 84 valence electrons. The third-order valence-corrected chi connectivity index (χ3v) is 2.42. The standard InChI is InChI=1S/C14H12N2O/c1-2-17-14-6-4-3-5-12(14)13-10-16-8-7-11(13)9-15/h3-8,10H,2H2,1H3. The molecule has 0 bridgehead atoms. The molecule has 0 radical (unpaired) electrons. The first-order valence-electron chi connectivity index (χ1n) is 5.43. The molecule has 0 unspecified atom stereocenters. The molecule has 0 spiro atoms. The number of ether oxygens (including phenoxy) is 1. The van der Waals surface area contributed by atoms with Gasteiger partial charge in [0.25, 0.3) is 0 Å². The van der Waals surface area contributed by atoms with E-state index in [0.717, 1.165) is 16.9 Å². The van der Waals surface area contributed by atoms with Gasteiger partial charge >= 0.3 is 0 Å². The Morgan fingerprint density at radius 3 is 2.82 bits per heavy atom. The van der Waals surface area contributed by atoms with Crippen molar-refractivity contribution in [1.29, 1.82) is 5.26 Å². The van der Waals surface area contributed by atoms with Crippen molar-refractivity contribution in [3.05, 3.63) is 48.3 Å². The summed E-state index contributed by atoms with van der Waals surface area (Å²) in [6.45, 7) is 2.53. The molecule has 0 saturated carbocycles. The highest BCUT2D eigenvalue weighted by Crippen LogP contribution is 2.31. The van der Waals surface area contributed by atoms with Gasteiger partial charge in [0.2, 0.25) is 0 Å². The molecule has 0 saturated heterocycles. The van der Waals surface area contributed by atoms with E-state index in [1.807, 2.05) is 31.2 Å². The lowest BCUT2D eigenvalue weighted by molar-refractivity contribution is 0.341. The largest absolute Gasteiger partial charge is 0.493 e. The molecule has 0 aliphatic rings. The van der Waals surface area contributed by atoms with Crippen LogP contribution in [-0.4, -0.2) is 11.6 Å². The fraction of sp³-hybridized carbons (Fsp3) is 0.143. The second kappa shape index (κ2) is 5.13. The van der Waals surface area contributed by atoms with Crippen LogP contribution in [0, 0.1) is 11.3 Å². The second-order valence-electron chi connectivity index (χ2n) is 3.46. The summed E-state index contributed by atoms with van der Waals surface area (Å²) in [5.74, 6) is 0.777. The van der Waals surface area contributed by atoms with E-state index in [1.165, 1.54) is 0 Å². The maximum absolute atomic E-state index is 9.08. The third kappa shape index (κ3) is 2.26. The Morgan fingerprint density at radius 1 is 1.24 bits per heavy atom. The first-order chi connectivity index (χ1) is 8.36. The third-order valence-electron chi connectivity index (χ3n) is 2.42. The maximum Gasteiger partial charge on any atom is 0.127 e. The molecular formula is C14H12N2O. The quantitative estimate of drug-likeness (QED) is 0.805. The fourth-order valence-electron chi connectivity index (χ4n) is 1.68. The van der Waals surface area contributed by atoms with Crippen LogP contribution in [0.15, 0.2) is 42.7 Å². The molecule has 0 aliphatic heterocycles. The lowest BCUT2D eigenvalue weighted by Crippen LogP contribution is -1.95. The van der Waals surface area contributed by atoms with Crippen LogP contribution in [0.5, 0.6) is 5.75 Å². The van der Waals surface area contributed by atoms with Gasteiger partial charge in [-0.1, -0.05) is 18.2 Å². The number of hydrogen-bond donors (Lipinski definition) is 0. The number of para-hydroxylation sites is 1. The van der Waals surface area contributed by atoms with Gasteiger partial charge < -0.3 is 4.74 Å². The molecule has 1 heterocycles. The predicted molar refractivity (Wildman–Crippen MR) is 65.6 cm³/mol. The first-order valence-corrected chi connectivity index (χ1v) is 5.43. The molecule has 0 aliphatic carbocycles. The highest BCUT2D eigenvalue weighted by molar-refractivity contribution is 5.74. The highest BCUT2D eigenvalue weighted by atomic mass is 16.5. The topological polar surface area (TPSA) is 45.9 Å². The van der Waals surface area contributed by atoms with Gasteiger partial charge in [-0.25, -0.2) is 0 Å². The molecule has 2 rings (SSSR count). The summed E-state index contributed by atoms with van der Waals surface area (Å²) < 4.78 is 5.55. The van der Waals surface area contributed by atoms with Gasteiger partial charge in [0.05, 0.1) is 18.2 Å². The van der Waals surface area contributed by atoms with Gasteiger partial charge in [-0.15, -0.1) is 0 Å². The van der Waals surface area contributed by atoms with Gasteiger partial charge in [-0.3, -0.25) is 4.98 Å². The molecule has 0 amide bonds. The van der Waals surface area contributed by atoms with E-state index in [9.17, 15) is 0 Å². The van der Waals surface area contributed by atoms with Crippen molar-refractivity contribution in [1.82, 2.24) is 4.98 Å². The number of hydrogen-bond acceptors (Lipinski definition) is 3. The Balaban J connectivity index is 2.57. The van der Waals surface area contributed by atoms with Crippen LogP contribution in [0.4, 0.5) is 0 Å². The minimum absolute atomic E-state index is 0.596. The van der Waals surface area contributed by atoms with Crippen molar-refractivity contribution >= 4 is 0 Å². The lowest BCUT2D eigenvalue weighted by atomic mass is 10.0. The van der Waals surface area contributed by atoms with Crippen LogP contribution < -0.4 is 4.74 Å². The second-order valence-corrected chi connectivity index (χ2v) is 3.46. The maximum atomic E-state index is 9.08. The van der Waals surface area contributed by atoms with Crippen molar-refractivity contribution in [2.75, 3.05) is 6.61 Å². The average molecular weight is 224 g/mol. The summed E-state index contributed by atoms with van der Waals surface area (Å²) in [6, 6.07) is 11.5. The zero-order valence-electron chi connectivity index (χ0n) is 9.55. The summed E-state index contributed by atoms with van der Waals surface area (Å²) in [6.07, 6.45) is 3.31. The Kier molecular flexibility index (Phi) is 3.37. The number of nitriles is 1. The summed E-state index contributed by atoms with van der Waals surface area (Å²) in [5.41, 5.74) is 2.31. The van der Waals surface area contributed by atoms with Crippen molar-refractivity contribution < 1.29 is 4.74 Å². The van der Waals surface area contributed by atoms with Gasteiger partial charge in [0.15, 0.2) is 0 Å². The van der Waals surface area contributed by atoms with E-state index in [0.29, 0.717) is 12.2 Å². The molecule has 3 heteroatoms. The van der Waals surface area contributed by atoms with Crippen molar-refractivity contribution in [3.63, 3.8) is 0 Å². The van der Waals surface area contributed by atoms with Gasteiger partial charge in [0.1, 0.15) is 5.75 Å². The first kappa shape index (κ1) is 11.2. The molecule has 0 atom stereocenters. The van der Waals surface area contributed by atoms with Gasteiger partial charge in [-0.2, -0.15) is 5.26 Å². The fourth-order valence-corrected chi connectivity index (χ4v) is 1.68. The smallest absolute Gasteiger partial charge is 0.127 e. The summed E-state index contributed by atoms with van der Waals surface area (Å²) in [4.78, 5) is 4.06. The molecular weight excluding hydrogens is 212 g/mol. The molecule has 2 aromatic rings. The summed E-state index contributed by atoms with van der Waals surface area (Å²) >= 11 is 0. The zero-order chi connectivity index (χ0) is 12.1. The number of aromatic nitrogens is 1. The SMILES string of the molecule is CCOc1ccccc1-c1cnccc1C#N. The van der Waals surface area contributed by atoms with Crippen molar-refractivity contribution in [2.24, 2.45) is 0 Å². The average Bonchev–Trinajstić information content (AvgIpc) is 2.40. The van der Waals surface area contributed by atoms with Crippen LogP contribution in [-0.2, 0) is 0 Å². The molecule has 1 aromatic heterocycles. The summed E-state index contributed by atoms with van der Waals surface area (Å²) in [5, 5.41) is 9.08. The van der Waals surface area contributed by atoms with E-state index >= 15 is 0 Å². The number of nitrogens with zero attached hydrogens (tertiary/aromatic N) is 2. The van der Waals surface area contributed by atoms with Crippen LogP contribution in [0.2, 0.25) is 0 Å². The predicted octanol–water partition coefficient (Wildman–Crippen LogP) is 3.02. The zero-order valence-corrected chi connectivity index (χ0v) is 9.55. The minimum atomic E-state index is 0.596. The van der Waals surface area contributed by atoms with Crippen LogP contribution in [0.25, 0.3) is 11.1 Å². The van der Waals surface area contributed by atoms with Crippen LogP contribution >= 0.6 is 0 Å². The number of pyridine rings is 1. The Bertz CT molecular complexity index is 558. The van der Waals surface area contributed by atoms with Crippen LogP contribution in [0.3, 0.4) is 0 Å². The monoisotopic (exact) mass is 224 g/mol. The Labute approximate surface area is 100 Å². The van der Waals surface area contributed by atoms with E-state index in [1.54, 1.807) is 18.5 Å². The highest BCUT2D eigenvalue weighted by Gasteiger charge is 2.09. The minimum Gasteiger partial charge on any atom is -0.493 e. The van der Waals surface area contributed by atoms with E-state index in [4.69, 9.17) is 10.00 Å². The van der Waals surface area contributed by atoms with E-state index in [-0.39, 0.29) is 0 Å². The molecule has 17 heavy (non-hydrogen) atoms. The lowest BCUT2D eigenvalue weighted by Gasteiger charge is -2.10.